The molecular weight excluding hydrogens is 348 g/mol. The molecule has 0 aromatic carbocycles. The standard InChI is InChI=1S/C20H29N2O5/c1-2-3-4-9-14-19(21(24)25)16-11-12-17-20(22(26)27)15-10-7-5-6-8-13-18-23/h3-4,11-12,14-15H,2,5-10,13,16-17H2,1H3/b4-3+,12-11+,19-14-,20-15-. The maximum absolute atomic E-state index is 11.1. The fourth-order valence-corrected chi connectivity index (χ4v) is 2.30. The lowest BCUT2D eigenvalue weighted by atomic mass is 10.1. The second-order valence-corrected chi connectivity index (χ2v) is 6.00. The summed E-state index contributed by atoms with van der Waals surface area (Å²) in [4.78, 5) is 31.3. The predicted molar refractivity (Wildman–Crippen MR) is 106 cm³/mol. The molecule has 27 heavy (non-hydrogen) atoms. The number of unbranched alkanes of at least 4 members (excludes halogenated alkanes) is 5. The van der Waals surface area contributed by atoms with Crippen LogP contribution in [0.2, 0.25) is 0 Å². The van der Waals surface area contributed by atoms with Gasteiger partial charge in [0.1, 0.15) is 0 Å². The molecule has 0 heterocycles. The highest BCUT2D eigenvalue weighted by molar-refractivity contribution is 5.50. The van der Waals surface area contributed by atoms with Crippen molar-refractivity contribution in [2.75, 3.05) is 0 Å². The van der Waals surface area contributed by atoms with Gasteiger partial charge >= 0.3 is 0 Å². The molecule has 0 aliphatic heterocycles. The van der Waals surface area contributed by atoms with Crippen molar-refractivity contribution in [1.29, 1.82) is 0 Å². The van der Waals surface area contributed by atoms with E-state index in [1.165, 1.54) is 0 Å². The Kier molecular flexibility index (Phi) is 15.3. The van der Waals surface area contributed by atoms with E-state index in [9.17, 15) is 25.0 Å². The Morgan fingerprint density at radius 2 is 1.44 bits per heavy atom. The molecular formula is C20H29N2O5. The van der Waals surface area contributed by atoms with Crippen molar-refractivity contribution in [3.8, 4) is 0 Å². The molecule has 0 aliphatic carbocycles. The van der Waals surface area contributed by atoms with E-state index in [0.717, 1.165) is 32.1 Å². The lowest BCUT2D eigenvalue weighted by Gasteiger charge is -1.98. The third-order valence-electron chi connectivity index (χ3n) is 3.79. The highest BCUT2D eigenvalue weighted by atomic mass is 16.6. The van der Waals surface area contributed by atoms with Crippen LogP contribution in [0.15, 0.2) is 47.9 Å². The Morgan fingerprint density at radius 3 is 2.00 bits per heavy atom. The van der Waals surface area contributed by atoms with Gasteiger partial charge in [-0.3, -0.25) is 25.0 Å². The van der Waals surface area contributed by atoms with E-state index < -0.39 is 9.85 Å². The van der Waals surface area contributed by atoms with Gasteiger partial charge in [-0.05, 0) is 44.3 Å². The van der Waals surface area contributed by atoms with E-state index in [4.69, 9.17) is 0 Å². The first-order valence-electron chi connectivity index (χ1n) is 9.34. The molecule has 0 saturated heterocycles. The van der Waals surface area contributed by atoms with Gasteiger partial charge in [0.2, 0.25) is 11.4 Å². The SMILES string of the molecule is CC/C=C/C/C=C(/C/C=C/C/C(=C/CCCCCC[C]=O)[N+](=O)[O-])[N+](=O)[O-]. The molecule has 0 N–H and O–H groups in total. The summed E-state index contributed by atoms with van der Waals surface area (Å²) in [5.74, 6) is 0. The number of allylic oxidation sites excluding steroid dienone is 6. The molecule has 149 valence electrons. The Hall–Kier alpha value is -2.57. The monoisotopic (exact) mass is 377 g/mol. The average Bonchev–Trinajstić information content (AvgIpc) is 2.63. The second kappa shape index (κ2) is 16.9. The van der Waals surface area contributed by atoms with E-state index in [2.05, 4.69) is 0 Å². The molecule has 0 saturated carbocycles. The zero-order chi connectivity index (χ0) is 20.3. The molecule has 7 nitrogen and oxygen atoms in total. The summed E-state index contributed by atoms with van der Waals surface area (Å²) in [7, 11) is 0. The van der Waals surface area contributed by atoms with Crippen LogP contribution < -0.4 is 0 Å². The van der Waals surface area contributed by atoms with Gasteiger partial charge in [0, 0.05) is 6.42 Å². The Labute approximate surface area is 160 Å². The molecule has 0 unspecified atom stereocenters. The average molecular weight is 377 g/mol. The Bertz CT molecular complexity index is 577. The van der Waals surface area contributed by atoms with Crippen LogP contribution in [0.25, 0.3) is 0 Å². The molecule has 0 fully saturated rings. The van der Waals surface area contributed by atoms with Gasteiger partial charge in [0.15, 0.2) is 6.29 Å². The fraction of sp³-hybridized carbons (Fsp3) is 0.550. The van der Waals surface area contributed by atoms with Crippen LogP contribution in [0.1, 0.15) is 71.1 Å². The van der Waals surface area contributed by atoms with E-state index >= 15 is 0 Å². The first-order valence-corrected chi connectivity index (χ1v) is 9.34. The largest absolute Gasteiger partial charge is 0.291 e. The maximum atomic E-state index is 11.1. The number of hydrogen-bond acceptors (Lipinski definition) is 5. The first kappa shape index (κ1) is 24.4. The van der Waals surface area contributed by atoms with Crippen molar-refractivity contribution in [1.82, 2.24) is 0 Å². The molecule has 0 atom stereocenters. The predicted octanol–water partition coefficient (Wildman–Crippen LogP) is 5.45. The molecule has 0 aliphatic rings. The summed E-state index contributed by atoms with van der Waals surface area (Å²) >= 11 is 0. The van der Waals surface area contributed by atoms with Crippen LogP contribution in [0.4, 0.5) is 0 Å². The van der Waals surface area contributed by atoms with Crippen molar-refractivity contribution >= 4 is 6.29 Å². The number of nitrogens with zero attached hydrogens (tertiary/aromatic N) is 2. The van der Waals surface area contributed by atoms with Gasteiger partial charge in [-0.25, -0.2) is 0 Å². The van der Waals surface area contributed by atoms with Crippen LogP contribution in [-0.4, -0.2) is 16.1 Å². The van der Waals surface area contributed by atoms with Crippen molar-refractivity contribution < 1.29 is 14.6 Å². The fourth-order valence-electron chi connectivity index (χ4n) is 2.30. The summed E-state index contributed by atoms with van der Waals surface area (Å²) in [6.07, 6.45) is 18.2. The highest BCUT2D eigenvalue weighted by Crippen LogP contribution is 2.12. The van der Waals surface area contributed by atoms with Crippen molar-refractivity contribution in [3.05, 3.63) is 68.1 Å². The number of hydrogen-bond donors (Lipinski definition) is 0. The Morgan fingerprint density at radius 1 is 0.852 bits per heavy atom. The molecule has 1 radical (unpaired) electrons. The topological polar surface area (TPSA) is 103 Å². The van der Waals surface area contributed by atoms with Crippen molar-refractivity contribution in [2.45, 2.75) is 71.1 Å². The third kappa shape index (κ3) is 14.3. The van der Waals surface area contributed by atoms with Gasteiger partial charge in [-0.15, -0.1) is 0 Å². The quantitative estimate of drug-likeness (QED) is 0.154. The van der Waals surface area contributed by atoms with Gasteiger partial charge in [0.05, 0.1) is 22.7 Å². The van der Waals surface area contributed by atoms with Crippen LogP contribution in [0, 0.1) is 20.2 Å². The normalized spacial score (nSPS) is 12.8. The number of nitro groups is 2. The van der Waals surface area contributed by atoms with Crippen LogP contribution in [-0.2, 0) is 4.79 Å². The molecule has 0 bridgehead atoms. The van der Waals surface area contributed by atoms with E-state index in [1.807, 2.05) is 25.4 Å². The number of rotatable bonds is 16. The second-order valence-electron chi connectivity index (χ2n) is 6.00. The van der Waals surface area contributed by atoms with Gasteiger partial charge in [-0.1, -0.05) is 44.1 Å². The molecule has 0 spiro atoms. The summed E-state index contributed by atoms with van der Waals surface area (Å²) in [6, 6.07) is 0. The minimum absolute atomic E-state index is 0.0891. The maximum Gasteiger partial charge on any atom is 0.246 e. The zero-order valence-electron chi connectivity index (χ0n) is 16.0. The van der Waals surface area contributed by atoms with Crippen molar-refractivity contribution in [2.24, 2.45) is 0 Å². The molecule has 0 rings (SSSR count). The molecule has 0 amide bonds. The summed E-state index contributed by atoms with van der Waals surface area (Å²) in [5, 5.41) is 22.1. The van der Waals surface area contributed by atoms with E-state index in [1.54, 1.807) is 24.3 Å². The minimum Gasteiger partial charge on any atom is -0.291 e. The lowest BCUT2D eigenvalue weighted by Crippen LogP contribution is -1.99. The first-order chi connectivity index (χ1) is 13.0. The summed E-state index contributed by atoms with van der Waals surface area (Å²) < 4.78 is 0. The third-order valence-corrected chi connectivity index (χ3v) is 3.79. The highest BCUT2D eigenvalue weighted by Gasteiger charge is 2.09. The van der Waals surface area contributed by atoms with E-state index in [-0.39, 0.29) is 24.2 Å². The van der Waals surface area contributed by atoms with Crippen LogP contribution >= 0.6 is 0 Å². The van der Waals surface area contributed by atoms with Crippen LogP contribution in [0.5, 0.6) is 0 Å². The smallest absolute Gasteiger partial charge is 0.246 e. The summed E-state index contributed by atoms with van der Waals surface area (Å²) in [5.41, 5.74) is 0.191. The molecule has 0 aromatic rings. The van der Waals surface area contributed by atoms with E-state index in [0.29, 0.717) is 19.3 Å². The molecule has 0 aromatic heterocycles. The number of carbonyl (C=O) groups excluding carboxylic acids is 1. The molecule has 7 heteroatoms. The summed E-state index contributed by atoms with van der Waals surface area (Å²) in [6.45, 7) is 1.99. The van der Waals surface area contributed by atoms with Gasteiger partial charge in [0.25, 0.3) is 0 Å². The Balaban J connectivity index is 4.42. The van der Waals surface area contributed by atoms with Gasteiger partial charge < -0.3 is 0 Å². The van der Waals surface area contributed by atoms with Gasteiger partial charge in [-0.2, -0.15) is 0 Å². The lowest BCUT2D eigenvalue weighted by molar-refractivity contribution is -0.427. The zero-order valence-corrected chi connectivity index (χ0v) is 16.0. The van der Waals surface area contributed by atoms with Crippen molar-refractivity contribution in [3.63, 3.8) is 0 Å². The van der Waals surface area contributed by atoms with Crippen LogP contribution in [0.3, 0.4) is 0 Å². The minimum atomic E-state index is -0.420.